The summed E-state index contributed by atoms with van der Waals surface area (Å²) in [5.41, 5.74) is 4.77. The van der Waals surface area contributed by atoms with Gasteiger partial charge in [0.25, 0.3) is 0 Å². The molecule has 0 radical (unpaired) electrons. The number of aryl methyl sites for hydroxylation is 1. The van der Waals surface area contributed by atoms with E-state index in [2.05, 4.69) is 21.3 Å². The number of rotatable bonds is 3. The molecular weight excluding hydrogens is 392 g/mol. The fraction of sp³-hybridized carbons (Fsp3) is 0.238. The molecule has 5 nitrogen and oxygen atoms in total. The molecule has 144 valence electrons. The normalized spacial score (nSPS) is 19.1. The first-order valence-electron chi connectivity index (χ1n) is 9.00. The third-order valence-corrected chi connectivity index (χ3v) is 5.95. The van der Waals surface area contributed by atoms with Gasteiger partial charge in [-0.1, -0.05) is 17.7 Å². The molecule has 0 spiro atoms. The van der Waals surface area contributed by atoms with Gasteiger partial charge in [0.15, 0.2) is 5.11 Å². The Balaban J connectivity index is 1.85. The van der Waals surface area contributed by atoms with Crippen molar-refractivity contribution >= 4 is 28.9 Å². The molecule has 4 rings (SSSR count). The number of likely N-dealkylation sites (N-methyl/N-ethyl adjacent to an activating group) is 1. The molecule has 1 aromatic carbocycles. The third-order valence-electron chi connectivity index (χ3n) is 5.31. The summed E-state index contributed by atoms with van der Waals surface area (Å²) in [5.74, 6) is 0.187. The monoisotopic (exact) mass is 412 g/mol. The lowest BCUT2D eigenvalue weighted by Gasteiger charge is -2.24. The molecular formula is C21H21ClN4OS. The number of hydrogen-bond acceptors (Lipinski definition) is 3. The van der Waals surface area contributed by atoms with E-state index < -0.39 is 0 Å². The smallest absolute Gasteiger partial charge is 0.169 e. The molecule has 28 heavy (non-hydrogen) atoms. The maximum Gasteiger partial charge on any atom is 0.169 e. The number of benzene rings is 1. The lowest BCUT2D eigenvalue weighted by Crippen LogP contribution is -2.25. The molecule has 1 saturated heterocycles. The standard InChI is InChI=1S/C21H21ClN4OS/c1-12-10-15(13(2)26(12)17-11-14(22)7-8-18(17)27)20-19(24-21(28)25(20)3)16-6-4-5-9-23-16/h4-11,19-20,27H,1-3H3,(H,24,28). The summed E-state index contributed by atoms with van der Waals surface area (Å²) in [6, 6.07) is 13.0. The molecule has 0 amide bonds. The first-order valence-corrected chi connectivity index (χ1v) is 9.79. The van der Waals surface area contributed by atoms with Crippen LogP contribution in [0.4, 0.5) is 0 Å². The van der Waals surface area contributed by atoms with Crippen LogP contribution in [-0.2, 0) is 0 Å². The molecule has 1 fully saturated rings. The van der Waals surface area contributed by atoms with Crippen molar-refractivity contribution in [3.05, 3.63) is 76.3 Å². The lowest BCUT2D eigenvalue weighted by atomic mass is 9.97. The minimum atomic E-state index is -0.0550. The van der Waals surface area contributed by atoms with Crippen molar-refractivity contribution in [1.29, 1.82) is 0 Å². The predicted octanol–water partition coefficient (Wildman–Crippen LogP) is 4.45. The molecule has 2 unspecified atom stereocenters. The van der Waals surface area contributed by atoms with E-state index in [1.165, 1.54) is 0 Å². The second-order valence-electron chi connectivity index (χ2n) is 7.03. The fourth-order valence-corrected chi connectivity index (χ4v) is 4.39. The van der Waals surface area contributed by atoms with Gasteiger partial charge in [0.2, 0.25) is 0 Å². The van der Waals surface area contributed by atoms with Crippen LogP contribution in [-0.4, -0.2) is 31.7 Å². The fourth-order valence-electron chi connectivity index (χ4n) is 3.98. The van der Waals surface area contributed by atoms with Crippen molar-refractivity contribution in [2.45, 2.75) is 25.9 Å². The second kappa shape index (κ2) is 7.11. The van der Waals surface area contributed by atoms with Gasteiger partial charge < -0.3 is 19.9 Å². The number of aromatic hydroxyl groups is 1. The Kier molecular flexibility index (Phi) is 4.77. The highest BCUT2D eigenvalue weighted by atomic mass is 35.5. The summed E-state index contributed by atoms with van der Waals surface area (Å²) < 4.78 is 2.03. The number of halogens is 1. The Morgan fingerprint density at radius 2 is 1.96 bits per heavy atom. The Morgan fingerprint density at radius 3 is 2.68 bits per heavy atom. The van der Waals surface area contributed by atoms with Crippen molar-refractivity contribution in [2.75, 3.05) is 7.05 Å². The summed E-state index contributed by atoms with van der Waals surface area (Å²) in [4.78, 5) is 6.60. The Morgan fingerprint density at radius 1 is 1.18 bits per heavy atom. The molecule has 1 aliphatic rings. The number of nitrogens with zero attached hydrogens (tertiary/aromatic N) is 3. The molecule has 0 aliphatic carbocycles. The number of pyridine rings is 1. The van der Waals surface area contributed by atoms with Gasteiger partial charge in [-0.3, -0.25) is 4.98 Å². The van der Waals surface area contributed by atoms with Crippen LogP contribution >= 0.6 is 23.8 Å². The molecule has 0 bridgehead atoms. The SMILES string of the molecule is Cc1cc(C2C(c3ccccn3)NC(=S)N2C)c(C)n1-c1cc(Cl)ccc1O. The van der Waals surface area contributed by atoms with Gasteiger partial charge in [-0.2, -0.15) is 0 Å². The highest BCUT2D eigenvalue weighted by molar-refractivity contribution is 7.80. The predicted molar refractivity (Wildman–Crippen MR) is 115 cm³/mol. The maximum atomic E-state index is 10.4. The molecule has 7 heteroatoms. The molecule has 1 aliphatic heterocycles. The van der Waals surface area contributed by atoms with E-state index >= 15 is 0 Å². The van der Waals surface area contributed by atoms with Gasteiger partial charge in [-0.15, -0.1) is 0 Å². The van der Waals surface area contributed by atoms with Gasteiger partial charge in [-0.05, 0) is 68.0 Å². The largest absolute Gasteiger partial charge is 0.506 e. The molecule has 2 N–H and O–H groups in total. The Bertz CT molecular complexity index is 1050. The van der Waals surface area contributed by atoms with E-state index in [1.807, 2.05) is 43.7 Å². The summed E-state index contributed by atoms with van der Waals surface area (Å²) in [7, 11) is 1.99. The minimum Gasteiger partial charge on any atom is -0.506 e. The van der Waals surface area contributed by atoms with E-state index in [4.69, 9.17) is 23.8 Å². The van der Waals surface area contributed by atoms with Crippen molar-refractivity contribution < 1.29 is 5.11 Å². The van der Waals surface area contributed by atoms with Gasteiger partial charge in [0.05, 0.1) is 23.5 Å². The summed E-state index contributed by atoms with van der Waals surface area (Å²) in [6.45, 7) is 4.07. The van der Waals surface area contributed by atoms with Crippen molar-refractivity contribution in [3.8, 4) is 11.4 Å². The van der Waals surface area contributed by atoms with Crippen LogP contribution in [0, 0.1) is 13.8 Å². The average Bonchev–Trinajstić information content (AvgIpc) is 3.13. The van der Waals surface area contributed by atoms with E-state index in [0.29, 0.717) is 15.8 Å². The van der Waals surface area contributed by atoms with Crippen molar-refractivity contribution in [3.63, 3.8) is 0 Å². The number of aromatic nitrogens is 2. The van der Waals surface area contributed by atoms with Crippen LogP contribution in [0.3, 0.4) is 0 Å². The van der Waals surface area contributed by atoms with Crippen LogP contribution in [0.25, 0.3) is 5.69 Å². The zero-order chi connectivity index (χ0) is 20.0. The van der Waals surface area contributed by atoms with Gasteiger partial charge in [-0.25, -0.2) is 0 Å². The number of hydrogen-bond donors (Lipinski definition) is 2. The van der Waals surface area contributed by atoms with Crippen molar-refractivity contribution in [1.82, 2.24) is 19.8 Å². The van der Waals surface area contributed by atoms with Gasteiger partial charge >= 0.3 is 0 Å². The minimum absolute atomic E-state index is 0.0105. The number of thiocarbonyl (C=S) groups is 1. The van der Waals surface area contributed by atoms with Crippen LogP contribution in [0.5, 0.6) is 5.75 Å². The number of nitrogens with one attached hydrogen (secondary N) is 1. The number of phenolic OH excluding ortho intramolecular Hbond substituents is 1. The van der Waals surface area contributed by atoms with Crippen LogP contribution in [0.15, 0.2) is 48.7 Å². The van der Waals surface area contributed by atoms with Crippen LogP contribution in [0.1, 0.15) is 34.7 Å². The van der Waals surface area contributed by atoms with E-state index in [1.54, 1.807) is 24.4 Å². The maximum absolute atomic E-state index is 10.4. The highest BCUT2D eigenvalue weighted by Gasteiger charge is 2.39. The second-order valence-corrected chi connectivity index (χ2v) is 7.86. The molecule has 2 aromatic heterocycles. The zero-order valence-electron chi connectivity index (χ0n) is 15.8. The Hall–Kier alpha value is -2.57. The van der Waals surface area contributed by atoms with Crippen LogP contribution in [0.2, 0.25) is 5.02 Å². The quantitative estimate of drug-likeness (QED) is 0.622. The van der Waals surface area contributed by atoms with Crippen molar-refractivity contribution in [2.24, 2.45) is 0 Å². The zero-order valence-corrected chi connectivity index (χ0v) is 17.4. The van der Waals surface area contributed by atoms with E-state index in [0.717, 1.165) is 22.6 Å². The molecule has 2 atom stereocenters. The summed E-state index contributed by atoms with van der Waals surface area (Å²) in [6.07, 6.45) is 1.79. The Labute approximate surface area is 174 Å². The summed E-state index contributed by atoms with van der Waals surface area (Å²) in [5, 5.41) is 15.1. The van der Waals surface area contributed by atoms with Gasteiger partial charge in [0, 0.05) is 29.7 Å². The molecule has 0 saturated carbocycles. The topological polar surface area (TPSA) is 53.3 Å². The first kappa shape index (κ1) is 18.8. The average molecular weight is 413 g/mol. The summed E-state index contributed by atoms with van der Waals surface area (Å²) >= 11 is 11.7. The van der Waals surface area contributed by atoms with E-state index in [9.17, 15) is 5.11 Å². The highest BCUT2D eigenvalue weighted by Crippen LogP contribution is 2.41. The van der Waals surface area contributed by atoms with Gasteiger partial charge in [0.1, 0.15) is 5.75 Å². The first-order chi connectivity index (χ1) is 13.4. The third kappa shape index (κ3) is 3.02. The van der Waals surface area contributed by atoms with E-state index in [-0.39, 0.29) is 17.8 Å². The molecule has 3 heterocycles. The van der Waals surface area contributed by atoms with Crippen LogP contribution < -0.4 is 5.32 Å². The molecule has 3 aromatic rings. The lowest BCUT2D eigenvalue weighted by molar-refractivity contribution is 0.367. The number of phenols is 1.